The Morgan fingerprint density at radius 2 is 2.29 bits per heavy atom. The molecule has 0 bridgehead atoms. The summed E-state index contributed by atoms with van der Waals surface area (Å²) in [5, 5.41) is 3.25. The summed E-state index contributed by atoms with van der Waals surface area (Å²) in [7, 11) is 0. The van der Waals surface area contributed by atoms with Crippen LogP contribution in [-0.4, -0.2) is 12.3 Å². The first-order chi connectivity index (χ1) is 6.81. The number of ketones is 1. The molecule has 0 aliphatic carbocycles. The number of carbonyl (C=O) groups excluding carboxylic acids is 1. The van der Waals surface area contributed by atoms with E-state index in [1.165, 1.54) is 0 Å². The zero-order chi connectivity index (χ0) is 9.97. The number of Topliss-reactive ketones (excluding diaryl/α,β-unsaturated/α-hetero) is 1. The van der Waals surface area contributed by atoms with Crippen molar-refractivity contribution in [3.05, 3.63) is 29.3 Å². The Bertz CT molecular complexity index is 362. The van der Waals surface area contributed by atoms with E-state index in [0.717, 1.165) is 29.8 Å². The molecule has 74 valence electrons. The number of benzene rings is 1. The molecule has 2 rings (SSSR count). The molecule has 0 saturated heterocycles. The molecule has 2 nitrogen and oxygen atoms in total. The number of fused-ring (bicyclic) bond motifs is 1. The molecule has 14 heavy (non-hydrogen) atoms. The molecule has 0 fully saturated rings. The highest BCUT2D eigenvalue weighted by molar-refractivity contribution is 6.17. The van der Waals surface area contributed by atoms with Crippen LogP contribution in [0.4, 0.5) is 5.69 Å². The topological polar surface area (TPSA) is 29.1 Å². The second-order valence-corrected chi connectivity index (χ2v) is 3.73. The Morgan fingerprint density at radius 1 is 1.43 bits per heavy atom. The molecule has 0 atom stereocenters. The summed E-state index contributed by atoms with van der Waals surface area (Å²) in [4.78, 5) is 11.6. The van der Waals surface area contributed by atoms with Crippen molar-refractivity contribution in [2.24, 2.45) is 0 Å². The molecule has 0 radical (unpaired) electrons. The second kappa shape index (κ2) is 4.01. The Hall–Kier alpha value is -1.02. The number of hydrogen-bond donors (Lipinski definition) is 1. The van der Waals surface area contributed by atoms with Gasteiger partial charge in [-0.25, -0.2) is 0 Å². The molecule has 0 amide bonds. The number of halogens is 1. The zero-order valence-electron chi connectivity index (χ0n) is 7.85. The minimum absolute atomic E-state index is 0.228. The van der Waals surface area contributed by atoms with E-state index < -0.39 is 0 Å². The lowest BCUT2D eigenvalue weighted by molar-refractivity contribution is 0.0984. The summed E-state index contributed by atoms with van der Waals surface area (Å²) in [5.41, 5.74) is 2.79. The van der Waals surface area contributed by atoms with Gasteiger partial charge in [-0.05, 0) is 24.1 Å². The largest absolute Gasteiger partial charge is 0.384 e. The molecule has 1 N–H and O–H groups in total. The van der Waals surface area contributed by atoms with Crippen molar-refractivity contribution in [1.29, 1.82) is 0 Å². The molecule has 0 saturated carbocycles. The minimum Gasteiger partial charge on any atom is -0.384 e. The molecule has 1 aromatic carbocycles. The van der Waals surface area contributed by atoms with Crippen LogP contribution in [0.3, 0.4) is 0 Å². The van der Waals surface area contributed by atoms with Gasteiger partial charge in [-0.3, -0.25) is 4.79 Å². The monoisotopic (exact) mass is 209 g/mol. The van der Waals surface area contributed by atoms with Gasteiger partial charge in [0.1, 0.15) is 0 Å². The van der Waals surface area contributed by atoms with E-state index in [-0.39, 0.29) is 5.78 Å². The van der Waals surface area contributed by atoms with E-state index in [4.69, 9.17) is 11.6 Å². The molecule has 1 aromatic rings. The number of hydrogen-bond acceptors (Lipinski definition) is 2. The maximum absolute atomic E-state index is 11.6. The van der Waals surface area contributed by atoms with Crippen molar-refractivity contribution in [3.8, 4) is 0 Å². The van der Waals surface area contributed by atoms with Gasteiger partial charge in [-0.1, -0.05) is 6.07 Å². The smallest absolute Gasteiger partial charge is 0.165 e. The highest BCUT2D eigenvalue weighted by Gasteiger charge is 2.14. The fourth-order valence-corrected chi connectivity index (χ4v) is 1.84. The normalized spacial score (nSPS) is 15.6. The second-order valence-electron chi connectivity index (χ2n) is 3.47. The molecule has 1 heterocycles. The van der Waals surface area contributed by atoms with E-state index >= 15 is 0 Å². The van der Waals surface area contributed by atoms with E-state index in [9.17, 15) is 4.79 Å². The number of carbonyl (C=O) groups is 1. The first-order valence-corrected chi connectivity index (χ1v) is 5.30. The Balaban J connectivity index is 2.43. The molecular weight excluding hydrogens is 198 g/mol. The third-order valence-electron chi connectivity index (χ3n) is 2.43. The predicted octanol–water partition coefficient (Wildman–Crippen LogP) is 2.81. The van der Waals surface area contributed by atoms with Gasteiger partial charge >= 0.3 is 0 Å². The average molecular weight is 210 g/mol. The molecule has 0 spiro atoms. The van der Waals surface area contributed by atoms with Crippen molar-refractivity contribution in [2.75, 3.05) is 11.9 Å². The van der Waals surface area contributed by atoms with Crippen LogP contribution in [0, 0.1) is 0 Å². The summed E-state index contributed by atoms with van der Waals surface area (Å²) in [6.45, 7) is 0.866. The molecule has 3 heteroatoms. The van der Waals surface area contributed by atoms with Crippen molar-refractivity contribution in [3.63, 3.8) is 0 Å². The number of rotatable bonds is 1. The van der Waals surface area contributed by atoms with Gasteiger partial charge in [-0.2, -0.15) is 0 Å². The lowest BCUT2D eigenvalue weighted by atomic mass is 10.0. The van der Waals surface area contributed by atoms with Crippen LogP contribution in [0.5, 0.6) is 0 Å². The SMILES string of the molecule is O=C1CCCNc2cc(CCl)ccc21. The number of alkyl halides is 1. The maximum Gasteiger partial charge on any atom is 0.165 e. The van der Waals surface area contributed by atoms with Crippen LogP contribution in [0.1, 0.15) is 28.8 Å². The van der Waals surface area contributed by atoms with Crippen molar-refractivity contribution in [2.45, 2.75) is 18.7 Å². The van der Waals surface area contributed by atoms with E-state index in [1.807, 2.05) is 18.2 Å². The predicted molar refractivity (Wildman–Crippen MR) is 58.1 cm³/mol. The average Bonchev–Trinajstić information content (AvgIpc) is 2.40. The van der Waals surface area contributed by atoms with Gasteiger partial charge in [0.2, 0.25) is 0 Å². The van der Waals surface area contributed by atoms with E-state index in [0.29, 0.717) is 12.3 Å². The van der Waals surface area contributed by atoms with Crippen molar-refractivity contribution in [1.82, 2.24) is 0 Å². The van der Waals surface area contributed by atoms with Crippen LogP contribution >= 0.6 is 11.6 Å². The van der Waals surface area contributed by atoms with Crippen molar-refractivity contribution < 1.29 is 4.79 Å². The van der Waals surface area contributed by atoms with Crippen LogP contribution in [-0.2, 0) is 5.88 Å². The van der Waals surface area contributed by atoms with Gasteiger partial charge < -0.3 is 5.32 Å². The quantitative estimate of drug-likeness (QED) is 0.721. The first kappa shape index (κ1) is 9.53. The Morgan fingerprint density at radius 3 is 3.07 bits per heavy atom. The zero-order valence-corrected chi connectivity index (χ0v) is 8.60. The summed E-state index contributed by atoms with van der Waals surface area (Å²) in [5.74, 6) is 0.717. The fourth-order valence-electron chi connectivity index (χ4n) is 1.67. The van der Waals surface area contributed by atoms with Crippen molar-refractivity contribution >= 4 is 23.1 Å². The highest BCUT2D eigenvalue weighted by Crippen LogP contribution is 2.23. The lowest BCUT2D eigenvalue weighted by Gasteiger charge is -2.07. The van der Waals surface area contributed by atoms with Gasteiger partial charge in [0.25, 0.3) is 0 Å². The molecular formula is C11H12ClNO. The molecule has 0 aromatic heterocycles. The molecule has 1 aliphatic heterocycles. The summed E-state index contributed by atoms with van der Waals surface area (Å²) < 4.78 is 0. The van der Waals surface area contributed by atoms with Crippen LogP contribution < -0.4 is 5.32 Å². The fraction of sp³-hybridized carbons (Fsp3) is 0.364. The molecule has 1 aliphatic rings. The third-order valence-corrected chi connectivity index (χ3v) is 2.74. The van der Waals surface area contributed by atoms with Gasteiger partial charge in [0.05, 0.1) is 0 Å². The first-order valence-electron chi connectivity index (χ1n) is 4.77. The Labute approximate surface area is 88.3 Å². The van der Waals surface area contributed by atoms with E-state index in [2.05, 4.69) is 5.32 Å². The third kappa shape index (κ3) is 1.75. The van der Waals surface area contributed by atoms with Crippen LogP contribution in [0.2, 0.25) is 0 Å². The molecule has 0 unspecified atom stereocenters. The minimum atomic E-state index is 0.228. The number of anilines is 1. The van der Waals surface area contributed by atoms with Crippen LogP contribution in [0.25, 0.3) is 0 Å². The van der Waals surface area contributed by atoms with Crippen LogP contribution in [0.15, 0.2) is 18.2 Å². The summed E-state index contributed by atoms with van der Waals surface area (Å²) >= 11 is 5.73. The number of nitrogens with one attached hydrogen (secondary N) is 1. The van der Waals surface area contributed by atoms with Gasteiger partial charge in [-0.15, -0.1) is 11.6 Å². The van der Waals surface area contributed by atoms with Gasteiger partial charge in [0, 0.05) is 30.1 Å². The summed E-state index contributed by atoms with van der Waals surface area (Å²) in [6.07, 6.45) is 1.55. The maximum atomic E-state index is 11.6. The standard InChI is InChI=1S/C11H12ClNO/c12-7-8-3-4-9-10(6-8)13-5-1-2-11(9)14/h3-4,6,13H,1-2,5,7H2. The highest BCUT2D eigenvalue weighted by atomic mass is 35.5. The Kier molecular flexibility index (Phi) is 2.73. The van der Waals surface area contributed by atoms with E-state index in [1.54, 1.807) is 0 Å². The summed E-state index contributed by atoms with van der Waals surface area (Å²) in [6, 6.07) is 5.75. The lowest BCUT2D eigenvalue weighted by Crippen LogP contribution is -2.01. The van der Waals surface area contributed by atoms with Gasteiger partial charge in [0.15, 0.2) is 5.78 Å².